The molecule has 1 aliphatic rings. The van der Waals surface area contributed by atoms with Gasteiger partial charge in [0.1, 0.15) is 0 Å². The van der Waals surface area contributed by atoms with Crippen LogP contribution in [0.3, 0.4) is 0 Å². The minimum atomic E-state index is -0.103. The van der Waals surface area contributed by atoms with Gasteiger partial charge in [-0.3, -0.25) is 9.59 Å². The quantitative estimate of drug-likeness (QED) is 0.744. The lowest BCUT2D eigenvalue weighted by Gasteiger charge is -2.31. The predicted molar refractivity (Wildman–Crippen MR) is 108 cm³/mol. The van der Waals surface area contributed by atoms with Gasteiger partial charge in [-0.2, -0.15) is 0 Å². The highest BCUT2D eigenvalue weighted by Gasteiger charge is 2.29. The summed E-state index contributed by atoms with van der Waals surface area (Å²) in [5.41, 5.74) is 1.09. The van der Waals surface area contributed by atoms with Gasteiger partial charge >= 0.3 is 0 Å². The number of likely N-dealkylation sites (tertiary alicyclic amines) is 1. The van der Waals surface area contributed by atoms with Crippen molar-refractivity contribution in [2.24, 2.45) is 5.92 Å². The Kier molecular flexibility index (Phi) is 5.15. The van der Waals surface area contributed by atoms with E-state index in [1.165, 1.54) is 17.0 Å². The van der Waals surface area contributed by atoms with Gasteiger partial charge in [-0.15, -0.1) is 0 Å². The summed E-state index contributed by atoms with van der Waals surface area (Å²) >= 11 is 0. The van der Waals surface area contributed by atoms with Crippen molar-refractivity contribution in [3.05, 3.63) is 72.2 Å². The number of benzene rings is 2. The maximum atomic E-state index is 12.7. The standard InChI is InChI=1S/C23H24N2O3/c1-16(19-9-8-17-5-2-3-6-20(17)15-19)24-22(26)18-10-12-25(13-11-18)23(27)21-7-4-14-28-21/h2-9,14-16,18H,10-13H2,1H3,(H,24,26)/t16-/m1/s1. The number of nitrogens with zero attached hydrogens (tertiary/aromatic N) is 1. The van der Waals surface area contributed by atoms with Gasteiger partial charge in [-0.1, -0.05) is 36.4 Å². The van der Waals surface area contributed by atoms with E-state index in [1.54, 1.807) is 17.0 Å². The average Bonchev–Trinajstić information content (AvgIpc) is 3.28. The van der Waals surface area contributed by atoms with Crippen molar-refractivity contribution in [2.75, 3.05) is 13.1 Å². The first-order chi connectivity index (χ1) is 13.6. The normalized spacial score (nSPS) is 16.1. The SMILES string of the molecule is C[C@@H](NC(=O)C1CCN(C(=O)c2ccco2)CC1)c1ccc2ccccc2c1. The molecule has 1 fully saturated rings. The van der Waals surface area contributed by atoms with Crippen molar-refractivity contribution in [3.63, 3.8) is 0 Å². The predicted octanol–water partition coefficient (Wildman–Crippen LogP) is 4.16. The molecule has 1 aromatic heterocycles. The van der Waals surface area contributed by atoms with Crippen molar-refractivity contribution in [1.82, 2.24) is 10.2 Å². The first-order valence-electron chi connectivity index (χ1n) is 9.73. The number of hydrogen-bond acceptors (Lipinski definition) is 3. The third-order valence-corrected chi connectivity index (χ3v) is 5.52. The zero-order valence-corrected chi connectivity index (χ0v) is 15.9. The van der Waals surface area contributed by atoms with Crippen LogP contribution in [-0.2, 0) is 4.79 Å². The summed E-state index contributed by atoms with van der Waals surface area (Å²) < 4.78 is 5.18. The molecule has 0 spiro atoms. The second-order valence-electron chi connectivity index (χ2n) is 7.38. The van der Waals surface area contributed by atoms with Crippen LogP contribution in [0.2, 0.25) is 0 Å². The summed E-state index contributed by atoms with van der Waals surface area (Å²) in [4.78, 5) is 26.8. The fourth-order valence-electron chi connectivity index (χ4n) is 3.79. The van der Waals surface area contributed by atoms with Crippen LogP contribution in [0, 0.1) is 5.92 Å². The summed E-state index contributed by atoms with van der Waals surface area (Å²) in [5.74, 6) is 0.246. The van der Waals surface area contributed by atoms with Crippen LogP contribution in [0.1, 0.15) is 41.9 Å². The number of rotatable bonds is 4. The molecular formula is C23H24N2O3. The number of fused-ring (bicyclic) bond motifs is 1. The molecule has 1 saturated heterocycles. The highest BCUT2D eigenvalue weighted by atomic mass is 16.3. The smallest absolute Gasteiger partial charge is 0.289 e. The molecule has 5 heteroatoms. The molecule has 1 atom stereocenters. The average molecular weight is 376 g/mol. The third kappa shape index (κ3) is 3.79. The first kappa shape index (κ1) is 18.3. The number of amides is 2. The molecule has 0 bridgehead atoms. The zero-order chi connectivity index (χ0) is 19.5. The van der Waals surface area contributed by atoms with Gasteiger partial charge < -0.3 is 14.6 Å². The van der Waals surface area contributed by atoms with E-state index in [9.17, 15) is 9.59 Å². The second kappa shape index (κ2) is 7.89. The van der Waals surface area contributed by atoms with Crippen molar-refractivity contribution >= 4 is 22.6 Å². The van der Waals surface area contributed by atoms with Crippen LogP contribution in [0.4, 0.5) is 0 Å². The van der Waals surface area contributed by atoms with Crippen LogP contribution >= 0.6 is 0 Å². The molecule has 0 radical (unpaired) electrons. The lowest BCUT2D eigenvalue weighted by atomic mass is 9.94. The van der Waals surface area contributed by atoms with Crippen molar-refractivity contribution < 1.29 is 14.0 Å². The summed E-state index contributed by atoms with van der Waals surface area (Å²) in [5, 5.41) is 5.51. The Balaban J connectivity index is 1.34. The van der Waals surface area contributed by atoms with E-state index in [2.05, 4.69) is 35.6 Å². The molecule has 1 aliphatic heterocycles. The molecular weight excluding hydrogens is 352 g/mol. The molecule has 5 nitrogen and oxygen atoms in total. The Hall–Kier alpha value is -3.08. The number of piperidine rings is 1. The number of carbonyl (C=O) groups excluding carboxylic acids is 2. The molecule has 2 heterocycles. The summed E-state index contributed by atoms with van der Waals surface area (Å²) in [6, 6.07) is 17.8. The van der Waals surface area contributed by atoms with Crippen LogP contribution in [-0.4, -0.2) is 29.8 Å². The number of carbonyl (C=O) groups is 2. The lowest BCUT2D eigenvalue weighted by molar-refractivity contribution is -0.127. The van der Waals surface area contributed by atoms with Gasteiger partial charge in [0, 0.05) is 19.0 Å². The Bertz CT molecular complexity index is 972. The number of furan rings is 1. The van der Waals surface area contributed by atoms with Gasteiger partial charge in [-0.25, -0.2) is 0 Å². The highest BCUT2D eigenvalue weighted by Crippen LogP contribution is 2.23. The fraction of sp³-hybridized carbons (Fsp3) is 0.304. The van der Waals surface area contributed by atoms with Crippen LogP contribution in [0.15, 0.2) is 65.3 Å². The molecule has 0 unspecified atom stereocenters. The van der Waals surface area contributed by atoms with Gasteiger partial charge in [0.15, 0.2) is 5.76 Å². The highest BCUT2D eigenvalue weighted by molar-refractivity contribution is 5.91. The van der Waals surface area contributed by atoms with E-state index in [1.807, 2.05) is 19.1 Å². The number of hydrogen-bond donors (Lipinski definition) is 1. The van der Waals surface area contributed by atoms with Crippen LogP contribution < -0.4 is 5.32 Å². The van der Waals surface area contributed by atoms with E-state index in [0.29, 0.717) is 31.7 Å². The maximum absolute atomic E-state index is 12.7. The van der Waals surface area contributed by atoms with E-state index in [-0.39, 0.29) is 23.8 Å². The molecule has 0 aliphatic carbocycles. The van der Waals surface area contributed by atoms with Crippen molar-refractivity contribution in [2.45, 2.75) is 25.8 Å². The van der Waals surface area contributed by atoms with Gasteiger partial charge in [0.25, 0.3) is 5.91 Å². The first-order valence-corrected chi connectivity index (χ1v) is 9.73. The minimum Gasteiger partial charge on any atom is -0.459 e. The van der Waals surface area contributed by atoms with Crippen LogP contribution in [0.5, 0.6) is 0 Å². The Morgan fingerprint density at radius 2 is 1.79 bits per heavy atom. The molecule has 144 valence electrons. The van der Waals surface area contributed by atoms with Gasteiger partial charge in [0.2, 0.25) is 5.91 Å². The van der Waals surface area contributed by atoms with E-state index in [0.717, 1.165) is 5.56 Å². The summed E-state index contributed by atoms with van der Waals surface area (Å²) in [7, 11) is 0. The monoisotopic (exact) mass is 376 g/mol. The van der Waals surface area contributed by atoms with Crippen LogP contribution in [0.25, 0.3) is 10.8 Å². The number of nitrogens with one attached hydrogen (secondary N) is 1. The summed E-state index contributed by atoms with van der Waals surface area (Å²) in [6.07, 6.45) is 2.84. The molecule has 28 heavy (non-hydrogen) atoms. The van der Waals surface area contributed by atoms with Gasteiger partial charge in [-0.05, 0) is 54.3 Å². The second-order valence-corrected chi connectivity index (χ2v) is 7.38. The van der Waals surface area contributed by atoms with Crippen molar-refractivity contribution in [3.8, 4) is 0 Å². The van der Waals surface area contributed by atoms with Crippen molar-refractivity contribution in [1.29, 1.82) is 0 Å². The molecule has 2 amide bonds. The summed E-state index contributed by atoms with van der Waals surface area (Å²) in [6.45, 7) is 3.15. The fourth-order valence-corrected chi connectivity index (χ4v) is 3.79. The zero-order valence-electron chi connectivity index (χ0n) is 15.9. The largest absolute Gasteiger partial charge is 0.459 e. The molecule has 4 rings (SSSR count). The Morgan fingerprint density at radius 3 is 2.50 bits per heavy atom. The molecule has 0 saturated carbocycles. The Morgan fingerprint density at radius 1 is 1.04 bits per heavy atom. The van der Waals surface area contributed by atoms with Gasteiger partial charge in [0.05, 0.1) is 12.3 Å². The van der Waals surface area contributed by atoms with E-state index >= 15 is 0 Å². The Labute approximate surface area is 164 Å². The topological polar surface area (TPSA) is 62.6 Å². The maximum Gasteiger partial charge on any atom is 0.289 e. The van der Waals surface area contributed by atoms with E-state index in [4.69, 9.17) is 4.42 Å². The molecule has 1 N–H and O–H groups in total. The molecule has 2 aromatic carbocycles. The third-order valence-electron chi connectivity index (χ3n) is 5.52. The van der Waals surface area contributed by atoms with E-state index < -0.39 is 0 Å². The lowest BCUT2D eigenvalue weighted by Crippen LogP contribution is -2.43. The molecule has 3 aromatic rings. The minimum absolute atomic E-state index is 0.0557.